The minimum atomic E-state index is -0.980. The molecular weight excluding hydrogens is 242 g/mol. The second kappa shape index (κ2) is 7.39. The highest BCUT2D eigenvalue weighted by atomic mass is 32.2. The summed E-state index contributed by atoms with van der Waals surface area (Å²) in [6, 6.07) is -1.38. The van der Waals surface area contributed by atoms with Crippen molar-refractivity contribution < 1.29 is 14.7 Å². The number of urea groups is 1. The van der Waals surface area contributed by atoms with Gasteiger partial charge < -0.3 is 21.5 Å². The molecule has 3 amide bonds. The molecule has 0 heterocycles. The average Bonchev–Trinajstić information content (AvgIpc) is 2.19. The molecule has 0 aromatic rings. The van der Waals surface area contributed by atoms with Crippen LogP contribution in [0.4, 0.5) is 4.79 Å². The van der Waals surface area contributed by atoms with Crippen LogP contribution in [-0.4, -0.2) is 47.2 Å². The molecule has 1 atom stereocenters. The van der Waals surface area contributed by atoms with Crippen LogP contribution < -0.4 is 16.4 Å². The molecule has 0 aromatic heterocycles. The first-order chi connectivity index (χ1) is 7.76. The average molecular weight is 263 g/mol. The Balaban J connectivity index is 4.26. The monoisotopic (exact) mass is 263 g/mol. The van der Waals surface area contributed by atoms with Crippen molar-refractivity contribution in [2.24, 2.45) is 5.73 Å². The summed E-state index contributed by atoms with van der Waals surface area (Å²) in [5.74, 6) is 0.404. The molecule has 0 spiro atoms. The zero-order valence-corrected chi connectivity index (χ0v) is 11.3. The zero-order chi connectivity index (χ0) is 13.5. The molecule has 0 aromatic carbocycles. The summed E-state index contributed by atoms with van der Waals surface area (Å²) in [6.07, 6.45) is 2.41. The third-order valence-corrected chi connectivity index (χ3v) is 2.58. The van der Waals surface area contributed by atoms with Crippen LogP contribution in [0, 0.1) is 0 Å². The second-order valence-electron chi connectivity index (χ2n) is 4.37. The van der Waals surface area contributed by atoms with Gasteiger partial charge in [-0.15, -0.1) is 0 Å². The van der Waals surface area contributed by atoms with E-state index in [4.69, 9.17) is 5.73 Å². The van der Waals surface area contributed by atoms with Gasteiger partial charge in [0.2, 0.25) is 5.91 Å². The number of carbonyl (C=O) groups excluding carboxylic acids is 2. The van der Waals surface area contributed by atoms with E-state index in [9.17, 15) is 14.7 Å². The molecule has 0 radical (unpaired) electrons. The Labute approximate surface area is 106 Å². The zero-order valence-electron chi connectivity index (χ0n) is 10.4. The van der Waals surface area contributed by atoms with E-state index in [1.165, 1.54) is 0 Å². The maximum Gasteiger partial charge on any atom is 0.312 e. The quantitative estimate of drug-likeness (QED) is 0.504. The van der Waals surface area contributed by atoms with Crippen molar-refractivity contribution in [1.82, 2.24) is 10.6 Å². The van der Waals surface area contributed by atoms with Gasteiger partial charge in [-0.2, -0.15) is 11.8 Å². The van der Waals surface area contributed by atoms with E-state index >= 15 is 0 Å². The minimum absolute atomic E-state index is 0.127. The van der Waals surface area contributed by atoms with Gasteiger partial charge in [0.25, 0.3) is 0 Å². The highest BCUT2D eigenvalue weighted by Crippen LogP contribution is 2.02. The maximum atomic E-state index is 11.7. The van der Waals surface area contributed by atoms with Gasteiger partial charge in [-0.25, -0.2) is 4.79 Å². The molecule has 7 heteroatoms. The van der Waals surface area contributed by atoms with Crippen LogP contribution >= 0.6 is 11.8 Å². The molecule has 0 bridgehead atoms. The fourth-order valence-electron chi connectivity index (χ4n) is 1.10. The SMILES string of the molecule is CSCCC(NC(N)=O)C(=O)NCC(C)(C)O. The summed E-state index contributed by atoms with van der Waals surface area (Å²) in [5, 5.41) is 14.4. The third kappa shape index (κ3) is 8.82. The Bertz CT molecular complexity index is 266. The first-order valence-electron chi connectivity index (χ1n) is 5.31. The van der Waals surface area contributed by atoms with Crippen molar-refractivity contribution in [1.29, 1.82) is 0 Å². The van der Waals surface area contributed by atoms with Crippen LogP contribution in [0.5, 0.6) is 0 Å². The summed E-state index contributed by atoms with van der Waals surface area (Å²) in [6.45, 7) is 3.30. The first kappa shape index (κ1) is 16.1. The van der Waals surface area contributed by atoms with Crippen molar-refractivity contribution >= 4 is 23.7 Å². The molecule has 0 saturated heterocycles. The number of amides is 3. The van der Waals surface area contributed by atoms with E-state index < -0.39 is 17.7 Å². The number of rotatable bonds is 7. The van der Waals surface area contributed by atoms with Crippen molar-refractivity contribution in [3.05, 3.63) is 0 Å². The van der Waals surface area contributed by atoms with Crippen molar-refractivity contribution in [3.8, 4) is 0 Å². The number of thioether (sulfide) groups is 1. The van der Waals surface area contributed by atoms with Crippen LogP contribution in [0.25, 0.3) is 0 Å². The Kier molecular flexibility index (Phi) is 6.98. The van der Waals surface area contributed by atoms with Crippen LogP contribution in [0.3, 0.4) is 0 Å². The van der Waals surface area contributed by atoms with Gasteiger partial charge in [0.15, 0.2) is 0 Å². The molecule has 0 aliphatic carbocycles. The number of carbonyl (C=O) groups is 2. The lowest BCUT2D eigenvalue weighted by Crippen LogP contribution is -2.51. The number of aliphatic hydroxyl groups is 1. The largest absolute Gasteiger partial charge is 0.389 e. The molecule has 0 saturated carbocycles. The summed E-state index contributed by atoms with van der Waals surface area (Å²) >= 11 is 1.58. The van der Waals surface area contributed by atoms with Crippen LogP contribution in [0.15, 0.2) is 0 Å². The lowest BCUT2D eigenvalue weighted by atomic mass is 10.1. The van der Waals surface area contributed by atoms with E-state index in [0.717, 1.165) is 5.75 Å². The molecule has 0 rings (SSSR count). The van der Waals surface area contributed by atoms with Gasteiger partial charge in [0.1, 0.15) is 6.04 Å². The highest BCUT2D eigenvalue weighted by molar-refractivity contribution is 7.98. The molecule has 17 heavy (non-hydrogen) atoms. The molecule has 0 aliphatic rings. The summed E-state index contributed by atoms with van der Waals surface area (Å²) in [5.41, 5.74) is 4.02. The molecule has 0 fully saturated rings. The molecule has 100 valence electrons. The van der Waals surface area contributed by atoms with E-state index in [0.29, 0.717) is 6.42 Å². The lowest BCUT2D eigenvalue weighted by molar-refractivity contribution is -0.123. The standard InChI is InChI=1S/C10H21N3O3S/c1-10(2,16)6-12-8(14)7(4-5-17-3)13-9(11)15/h7,16H,4-6H2,1-3H3,(H,12,14)(H3,11,13,15). The molecule has 1 unspecified atom stereocenters. The predicted octanol–water partition coefficient (Wildman–Crippen LogP) is -0.336. The molecule has 5 N–H and O–H groups in total. The molecular formula is C10H21N3O3S. The van der Waals surface area contributed by atoms with Gasteiger partial charge >= 0.3 is 6.03 Å². The van der Waals surface area contributed by atoms with E-state index in [2.05, 4.69) is 10.6 Å². The number of hydrogen-bond acceptors (Lipinski definition) is 4. The van der Waals surface area contributed by atoms with Gasteiger partial charge in [-0.1, -0.05) is 0 Å². The number of nitrogens with two attached hydrogens (primary N) is 1. The van der Waals surface area contributed by atoms with Crippen molar-refractivity contribution in [3.63, 3.8) is 0 Å². The Morgan fingerprint density at radius 3 is 2.47 bits per heavy atom. The summed E-state index contributed by atoms with van der Waals surface area (Å²) in [7, 11) is 0. The van der Waals surface area contributed by atoms with Crippen LogP contribution in [-0.2, 0) is 4.79 Å². The van der Waals surface area contributed by atoms with Gasteiger partial charge in [-0.3, -0.25) is 4.79 Å². The number of hydrogen-bond donors (Lipinski definition) is 4. The van der Waals surface area contributed by atoms with E-state index in [1.54, 1.807) is 25.6 Å². The third-order valence-electron chi connectivity index (χ3n) is 1.94. The van der Waals surface area contributed by atoms with Crippen LogP contribution in [0.1, 0.15) is 20.3 Å². The molecule has 0 aliphatic heterocycles. The van der Waals surface area contributed by atoms with Gasteiger partial charge in [-0.05, 0) is 32.3 Å². The number of primary amides is 1. The summed E-state index contributed by atoms with van der Waals surface area (Å²) in [4.78, 5) is 22.5. The maximum absolute atomic E-state index is 11.7. The van der Waals surface area contributed by atoms with E-state index in [1.807, 2.05) is 6.26 Å². The van der Waals surface area contributed by atoms with Gasteiger partial charge in [0.05, 0.1) is 5.60 Å². The van der Waals surface area contributed by atoms with Crippen LogP contribution in [0.2, 0.25) is 0 Å². The topological polar surface area (TPSA) is 104 Å². The Hall–Kier alpha value is -0.950. The Morgan fingerprint density at radius 1 is 1.47 bits per heavy atom. The fourth-order valence-corrected chi connectivity index (χ4v) is 1.57. The summed E-state index contributed by atoms with van der Waals surface area (Å²) < 4.78 is 0. The Morgan fingerprint density at radius 2 is 2.06 bits per heavy atom. The second-order valence-corrected chi connectivity index (χ2v) is 5.36. The van der Waals surface area contributed by atoms with E-state index in [-0.39, 0.29) is 12.5 Å². The number of nitrogens with one attached hydrogen (secondary N) is 2. The lowest BCUT2D eigenvalue weighted by Gasteiger charge is -2.21. The van der Waals surface area contributed by atoms with Crippen molar-refractivity contribution in [2.45, 2.75) is 31.9 Å². The molecule has 6 nitrogen and oxygen atoms in total. The first-order valence-corrected chi connectivity index (χ1v) is 6.70. The predicted molar refractivity (Wildman–Crippen MR) is 68.8 cm³/mol. The fraction of sp³-hybridized carbons (Fsp3) is 0.800. The van der Waals surface area contributed by atoms with Gasteiger partial charge in [0, 0.05) is 6.54 Å². The smallest absolute Gasteiger partial charge is 0.312 e. The normalized spacial score (nSPS) is 12.9. The highest BCUT2D eigenvalue weighted by Gasteiger charge is 2.21. The van der Waals surface area contributed by atoms with Crippen molar-refractivity contribution in [2.75, 3.05) is 18.6 Å². The minimum Gasteiger partial charge on any atom is -0.389 e.